The van der Waals surface area contributed by atoms with Gasteiger partial charge in [-0.25, -0.2) is 4.98 Å². The summed E-state index contributed by atoms with van der Waals surface area (Å²) < 4.78 is 18.1. The van der Waals surface area contributed by atoms with Crippen molar-refractivity contribution >= 4 is 16.3 Å². The van der Waals surface area contributed by atoms with Gasteiger partial charge in [-0.1, -0.05) is 5.16 Å². The number of nitrogens with two attached hydrogens (primary N) is 1. The highest BCUT2D eigenvalue weighted by atomic mass is 32.1. The SMILES string of the molecule is CN1CCC[C@H]1COc1cc([C@@H]2CCOC2)nc(-c2onc3c2CCC[C@@]32CCCc3sc(N)c(C#N)c32)n1. The number of aryl methyl sites for hydroxylation is 1. The van der Waals surface area contributed by atoms with E-state index in [4.69, 9.17) is 34.9 Å². The van der Waals surface area contributed by atoms with Gasteiger partial charge in [-0.05, 0) is 76.9 Å². The number of hydrogen-bond acceptors (Lipinski definition) is 10. The fourth-order valence-electron chi connectivity index (χ4n) is 7.20. The summed E-state index contributed by atoms with van der Waals surface area (Å²) in [5.74, 6) is 1.94. The van der Waals surface area contributed by atoms with Crippen molar-refractivity contribution in [3.05, 3.63) is 39.0 Å². The minimum Gasteiger partial charge on any atom is -0.476 e. The Morgan fingerprint density at radius 2 is 2.10 bits per heavy atom. The number of rotatable bonds is 5. The Morgan fingerprint density at radius 3 is 2.87 bits per heavy atom. The Bertz CT molecular complexity index is 1430. The highest BCUT2D eigenvalue weighted by Gasteiger charge is 2.48. The van der Waals surface area contributed by atoms with Crippen LogP contribution in [0, 0.1) is 11.3 Å². The van der Waals surface area contributed by atoms with Gasteiger partial charge in [0, 0.05) is 40.5 Å². The zero-order valence-electron chi connectivity index (χ0n) is 22.4. The molecule has 5 heterocycles. The lowest BCUT2D eigenvalue weighted by Crippen LogP contribution is -2.36. The van der Waals surface area contributed by atoms with E-state index >= 15 is 0 Å². The van der Waals surface area contributed by atoms with Crippen molar-refractivity contribution in [3.63, 3.8) is 0 Å². The molecule has 2 aliphatic carbocycles. The molecule has 2 fully saturated rings. The first-order valence-electron chi connectivity index (χ1n) is 14.2. The molecule has 39 heavy (non-hydrogen) atoms. The number of thiophene rings is 1. The van der Waals surface area contributed by atoms with E-state index < -0.39 is 0 Å². The number of nitrogen functional groups attached to an aromatic ring is 1. The molecular weight excluding hydrogens is 512 g/mol. The molecule has 0 aromatic carbocycles. The molecule has 0 bridgehead atoms. The lowest BCUT2D eigenvalue weighted by Gasteiger charge is -2.39. The molecule has 3 atom stereocenters. The Labute approximate surface area is 232 Å². The maximum Gasteiger partial charge on any atom is 0.217 e. The van der Waals surface area contributed by atoms with Crippen LogP contribution in [0.5, 0.6) is 5.88 Å². The summed E-state index contributed by atoms with van der Waals surface area (Å²) in [7, 11) is 2.15. The van der Waals surface area contributed by atoms with Crippen LogP contribution in [-0.4, -0.2) is 59.5 Å². The molecule has 9 nitrogen and oxygen atoms in total. The third-order valence-electron chi connectivity index (χ3n) is 9.25. The van der Waals surface area contributed by atoms with Gasteiger partial charge in [0.2, 0.25) is 17.5 Å². The number of hydrogen-bond donors (Lipinski definition) is 1. The number of nitrogens with zero attached hydrogens (tertiary/aromatic N) is 5. The average Bonchev–Trinajstić information content (AvgIpc) is 3.74. The van der Waals surface area contributed by atoms with Crippen molar-refractivity contribution in [2.75, 3.05) is 39.1 Å². The molecule has 3 aromatic heterocycles. The molecule has 3 aromatic rings. The molecule has 7 rings (SSSR count). The van der Waals surface area contributed by atoms with Crippen molar-refractivity contribution in [1.82, 2.24) is 20.0 Å². The summed E-state index contributed by atoms with van der Waals surface area (Å²) in [6.45, 7) is 3.09. The fourth-order valence-corrected chi connectivity index (χ4v) is 8.36. The summed E-state index contributed by atoms with van der Waals surface area (Å²) >= 11 is 1.56. The molecule has 0 amide bonds. The second-order valence-electron chi connectivity index (χ2n) is 11.5. The average molecular weight is 547 g/mol. The van der Waals surface area contributed by atoms with Crippen LogP contribution < -0.4 is 10.5 Å². The number of anilines is 1. The van der Waals surface area contributed by atoms with Gasteiger partial charge < -0.3 is 24.6 Å². The van der Waals surface area contributed by atoms with Crippen molar-refractivity contribution in [2.24, 2.45) is 0 Å². The van der Waals surface area contributed by atoms with Crippen LogP contribution in [0.25, 0.3) is 11.6 Å². The summed E-state index contributed by atoms with van der Waals surface area (Å²) in [5.41, 5.74) is 10.6. The Morgan fingerprint density at radius 1 is 1.23 bits per heavy atom. The lowest BCUT2D eigenvalue weighted by atomic mass is 9.62. The van der Waals surface area contributed by atoms with Gasteiger partial charge in [0.15, 0.2) is 0 Å². The van der Waals surface area contributed by atoms with E-state index in [0.29, 0.717) is 47.3 Å². The molecule has 4 aliphatic rings. The Kier molecular flexibility index (Phi) is 6.33. The summed E-state index contributed by atoms with van der Waals surface area (Å²) in [5, 5.41) is 15.3. The van der Waals surface area contributed by atoms with Crippen LogP contribution >= 0.6 is 11.3 Å². The number of nitriles is 1. The second kappa shape index (κ2) is 9.88. The first-order valence-corrected chi connectivity index (χ1v) is 15.0. The van der Waals surface area contributed by atoms with Gasteiger partial charge in [-0.15, -0.1) is 11.3 Å². The molecule has 2 N–H and O–H groups in total. The normalized spacial score (nSPS) is 26.5. The number of ether oxygens (including phenoxy) is 2. The van der Waals surface area contributed by atoms with Gasteiger partial charge >= 0.3 is 0 Å². The van der Waals surface area contributed by atoms with E-state index in [1.807, 2.05) is 6.07 Å². The molecule has 204 valence electrons. The number of fused-ring (bicyclic) bond motifs is 4. The van der Waals surface area contributed by atoms with Crippen molar-refractivity contribution in [1.29, 1.82) is 5.26 Å². The van der Waals surface area contributed by atoms with Crippen LogP contribution in [0.4, 0.5) is 5.00 Å². The standard InChI is InChI=1S/C29H34N6O3S/c1-35-11-4-5-18(35)16-37-23-13-21(17-8-12-36-15-17)32-28(33-23)25-19-6-2-9-29(26(19)34-38-25)10-3-7-22-24(29)20(14-30)27(31)39-22/h13,17-18H,2-12,15-16,31H2,1H3/t17-,18+,29+/m1/s1. The van der Waals surface area contributed by atoms with E-state index in [1.165, 1.54) is 11.3 Å². The third kappa shape index (κ3) is 4.14. The van der Waals surface area contributed by atoms with Gasteiger partial charge in [0.25, 0.3) is 0 Å². The highest BCUT2D eigenvalue weighted by molar-refractivity contribution is 7.16. The van der Waals surface area contributed by atoms with E-state index in [-0.39, 0.29) is 11.3 Å². The summed E-state index contributed by atoms with van der Waals surface area (Å²) in [4.78, 5) is 13.4. The fraction of sp³-hybridized carbons (Fsp3) is 0.586. The van der Waals surface area contributed by atoms with Crippen molar-refractivity contribution < 1.29 is 14.0 Å². The van der Waals surface area contributed by atoms with Gasteiger partial charge in [-0.2, -0.15) is 10.2 Å². The van der Waals surface area contributed by atoms with Crippen molar-refractivity contribution in [2.45, 2.75) is 75.2 Å². The first-order chi connectivity index (χ1) is 19.1. The maximum atomic E-state index is 10.0. The molecule has 0 radical (unpaired) electrons. The van der Waals surface area contributed by atoms with Gasteiger partial charge in [0.1, 0.15) is 17.7 Å². The second-order valence-corrected chi connectivity index (χ2v) is 12.6. The molecule has 2 aliphatic heterocycles. The molecule has 1 spiro atoms. The number of aromatic nitrogens is 3. The van der Waals surface area contributed by atoms with E-state index in [1.54, 1.807) is 11.3 Å². The van der Waals surface area contributed by atoms with E-state index in [9.17, 15) is 5.26 Å². The molecule has 0 saturated carbocycles. The van der Waals surface area contributed by atoms with Crippen LogP contribution in [0.3, 0.4) is 0 Å². The zero-order valence-corrected chi connectivity index (χ0v) is 23.2. The molecular formula is C29H34N6O3S. The quantitative estimate of drug-likeness (QED) is 0.490. The topological polar surface area (TPSA) is 123 Å². The molecule has 2 saturated heterocycles. The van der Waals surface area contributed by atoms with Crippen LogP contribution in [0.15, 0.2) is 10.6 Å². The Hall–Kier alpha value is -3.00. The third-order valence-corrected chi connectivity index (χ3v) is 10.3. The van der Waals surface area contributed by atoms with Crippen LogP contribution in [0.1, 0.15) is 83.8 Å². The van der Waals surface area contributed by atoms with E-state index in [0.717, 1.165) is 87.0 Å². The smallest absolute Gasteiger partial charge is 0.217 e. The number of likely N-dealkylation sites (N-methyl/N-ethyl adjacent to an activating group) is 1. The highest BCUT2D eigenvalue weighted by Crippen LogP contribution is 2.54. The summed E-state index contributed by atoms with van der Waals surface area (Å²) in [6.07, 6.45) is 8.96. The van der Waals surface area contributed by atoms with Crippen LogP contribution in [0.2, 0.25) is 0 Å². The lowest BCUT2D eigenvalue weighted by molar-refractivity contribution is 0.191. The predicted octanol–water partition coefficient (Wildman–Crippen LogP) is 4.58. The minimum atomic E-state index is -0.342. The van der Waals surface area contributed by atoms with Crippen molar-refractivity contribution in [3.8, 4) is 23.5 Å². The van der Waals surface area contributed by atoms with Crippen LogP contribution in [-0.2, 0) is 23.0 Å². The maximum absolute atomic E-state index is 10.0. The first kappa shape index (κ1) is 25.0. The minimum absolute atomic E-state index is 0.209. The van der Waals surface area contributed by atoms with E-state index in [2.05, 4.69) is 18.0 Å². The monoisotopic (exact) mass is 546 g/mol. The van der Waals surface area contributed by atoms with Gasteiger partial charge in [-0.3, -0.25) is 0 Å². The zero-order chi connectivity index (χ0) is 26.6. The largest absolute Gasteiger partial charge is 0.476 e. The summed E-state index contributed by atoms with van der Waals surface area (Å²) in [6, 6.07) is 4.77. The number of likely N-dealkylation sites (tertiary alicyclic amines) is 1. The molecule has 0 unspecified atom stereocenters. The van der Waals surface area contributed by atoms with Gasteiger partial charge in [0.05, 0.1) is 23.6 Å². The Balaban J connectivity index is 1.29. The predicted molar refractivity (Wildman–Crippen MR) is 147 cm³/mol. The molecule has 10 heteroatoms.